The van der Waals surface area contributed by atoms with Crippen molar-refractivity contribution in [1.29, 1.82) is 0 Å². The van der Waals surface area contributed by atoms with Crippen molar-refractivity contribution < 1.29 is 14.3 Å². The second-order valence-corrected chi connectivity index (χ2v) is 4.24. The molecule has 0 aliphatic heterocycles. The number of fused-ring (bicyclic) bond motifs is 1. The van der Waals surface area contributed by atoms with E-state index >= 15 is 0 Å². The van der Waals surface area contributed by atoms with Crippen LogP contribution in [0.3, 0.4) is 0 Å². The van der Waals surface area contributed by atoms with Gasteiger partial charge in [-0.1, -0.05) is 36.4 Å². The highest BCUT2D eigenvalue weighted by molar-refractivity contribution is 5.84. The Labute approximate surface area is 114 Å². The molecule has 3 rings (SSSR count). The van der Waals surface area contributed by atoms with Gasteiger partial charge in [-0.05, 0) is 12.1 Å². The lowest BCUT2D eigenvalue weighted by molar-refractivity contribution is 0.0999. The van der Waals surface area contributed by atoms with Crippen LogP contribution in [0.25, 0.3) is 22.3 Å². The molecule has 0 spiro atoms. The van der Waals surface area contributed by atoms with Crippen LogP contribution in [0.2, 0.25) is 0 Å². The molecule has 0 unspecified atom stereocenters. The molecule has 0 amide bonds. The fourth-order valence-electron chi connectivity index (χ4n) is 2.11. The molecule has 4 nitrogen and oxygen atoms in total. The van der Waals surface area contributed by atoms with Crippen molar-refractivity contribution in [3.05, 3.63) is 64.8 Å². The summed E-state index contributed by atoms with van der Waals surface area (Å²) in [6.07, 6.45) is 0. The number of benzene rings is 2. The number of aliphatic hydroxyl groups excluding tert-OH is 1. The van der Waals surface area contributed by atoms with Crippen molar-refractivity contribution >= 4 is 11.0 Å². The number of hydrogen-bond acceptors (Lipinski definition) is 4. The molecule has 1 heterocycles. The molecule has 0 saturated carbocycles. The smallest absolute Gasteiger partial charge is 0.197 e. The molecule has 0 saturated heterocycles. The molecule has 1 N–H and O–H groups in total. The first-order valence-corrected chi connectivity index (χ1v) is 6.15. The Morgan fingerprint density at radius 2 is 1.85 bits per heavy atom. The Kier molecular flexibility index (Phi) is 3.23. The van der Waals surface area contributed by atoms with E-state index in [-0.39, 0.29) is 5.43 Å². The van der Waals surface area contributed by atoms with Crippen LogP contribution in [0.1, 0.15) is 0 Å². The van der Waals surface area contributed by atoms with Crippen LogP contribution in [-0.4, -0.2) is 11.9 Å². The van der Waals surface area contributed by atoms with Gasteiger partial charge in [0.2, 0.25) is 0 Å². The number of hydrogen-bond donors (Lipinski definition) is 1. The zero-order chi connectivity index (χ0) is 13.9. The summed E-state index contributed by atoms with van der Waals surface area (Å²) in [6, 6.07) is 15.9. The van der Waals surface area contributed by atoms with E-state index < -0.39 is 6.79 Å². The lowest BCUT2D eigenvalue weighted by atomic mass is 10.1. The Morgan fingerprint density at radius 3 is 2.60 bits per heavy atom. The van der Waals surface area contributed by atoms with Gasteiger partial charge in [-0.25, -0.2) is 0 Å². The van der Waals surface area contributed by atoms with Crippen LogP contribution in [0.5, 0.6) is 5.75 Å². The van der Waals surface area contributed by atoms with Crippen molar-refractivity contribution in [3.63, 3.8) is 0 Å². The number of aliphatic hydroxyl groups is 1. The van der Waals surface area contributed by atoms with E-state index in [0.717, 1.165) is 5.56 Å². The van der Waals surface area contributed by atoms with Crippen LogP contribution in [0.4, 0.5) is 0 Å². The molecule has 0 aliphatic rings. The van der Waals surface area contributed by atoms with E-state index in [2.05, 4.69) is 0 Å². The van der Waals surface area contributed by atoms with Gasteiger partial charge in [0, 0.05) is 11.6 Å². The molecule has 0 radical (unpaired) electrons. The Bertz CT molecular complexity index is 790. The summed E-state index contributed by atoms with van der Waals surface area (Å²) in [5.74, 6) is 0.822. The molecule has 4 heteroatoms. The lowest BCUT2D eigenvalue weighted by Crippen LogP contribution is -2.04. The molecule has 0 fully saturated rings. The average Bonchev–Trinajstić information content (AvgIpc) is 2.48. The van der Waals surface area contributed by atoms with Gasteiger partial charge < -0.3 is 14.3 Å². The minimum Gasteiger partial charge on any atom is -0.467 e. The van der Waals surface area contributed by atoms with Gasteiger partial charge in [0.15, 0.2) is 12.2 Å². The summed E-state index contributed by atoms with van der Waals surface area (Å²) in [4.78, 5) is 12.2. The molecule has 100 valence electrons. The van der Waals surface area contributed by atoms with Gasteiger partial charge in [-0.3, -0.25) is 4.79 Å². The van der Waals surface area contributed by atoms with Crippen molar-refractivity contribution in [2.75, 3.05) is 6.79 Å². The predicted octanol–water partition coefficient (Wildman–Crippen LogP) is 2.79. The summed E-state index contributed by atoms with van der Waals surface area (Å²) < 4.78 is 10.8. The van der Waals surface area contributed by atoms with E-state index in [0.29, 0.717) is 22.5 Å². The maximum Gasteiger partial charge on any atom is 0.197 e. The van der Waals surface area contributed by atoms with E-state index in [1.165, 1.54) is 6.07 Å². The first-order chi connectivity index (χ1) is 9.79. The maximum atomic E-state index is 12.2. The second kappa shape index (κ2) is 5.19. The first-order valence-electron chi connectivity index (χ1n) is 6.15. The van der Waals surface area contributed by atoms with Gasteiger partial charge in [0.05, 0.1) is 0 Å². The third kappa shape index (κ3) is 2.17. The van der Waals surface area contributed by atoms with Crippen LogP contribution in [0.15, 0.2) is 63.8 Å². The summed E-state index contributed by atoms with van der Waals surface area (Å²) >= 11 is 0. The van der Waals surface area contributed by atoms with E-state index in [4.69, 9.17) is 14.3 Å². The van der Waals surface area contributed by atoms with Crippen molar-refractivity contribution in [2.45, 2.75) is 0 Å². The maximum absolute atomic E-state index is 12.2. The van der Waals surface area contributed by atoms with Crippen molar-refractivity contribution in [3.8, 4) is 17.1 Å². The standard InChI is InChI=1S/C16H12O4/c17-10-19-13-7-4-8-14-16(13)12(18)9-15(20-14)11-5-2-1-3-6-11/h1-9,17H,10H2. The quantitative estimate of drug-likeness (QED) is 0.742. The molecule has 0 atom stereocenters. The zero-order valence-corrected chi connectivity index (χ0v) is 10.6. The monoisotopic (exact) mass is 268 g/mol. The number of rotatable bonds is 3. The number of ether oxygens (including phenoxy) is 1. The third-order valence-electron chi connectivity index (χ3n) is 2.99. The van der Waals surface area contributed by atoms with Crippen molar-refractivity contribution in [2.24, 2.45) is 0 Å². The fraction of sp³-hybridized carbons (Fsp3) is 0.0625. The van der Waals surface area contributed by atoms with Gasteiger partial charge in [-0.2, -0.15) is 0 Å². The molecular formula is C16H12O4. The largest absolute Gasteiger partial charge is 0.467 e. The van der Waals surface area contributed by atoms with E-state index in [1.807, 2.05) is 30.3 Å². The van der Waals surface area contributed by atoms with E-state index in [1.54, 1.807) is 18.2 Å². The lowest BCUT2D eigenvalue weighted by Gasteiger charge is -2.07. The Morgan fingerprint density at radius 1 is 1.05 bits per heavy atom. The summed E-state index contributed by atoms with van der Waals surface area (Å²) in [5.41, 5.74) is 1.07. The van der Waals surface area contributed by atoms with Crippen LogP contribution in [0, 0.1) is 0 Å². The van der Waals surface area contributed by atoms with Crippen LogP contribution in [-0.2, 0) is 0 Å². The molecule has 1 aromatic heterocycles. The topological polar surface area (TPSA) is 59.7 Å². The Hall–Kier alpha value is -2.59. The van der Waals surface area contributed by atoms with Crippen molar-refractivity contribution in [1.82, 2.24) is 0 Å². The third-order valence-corrected chi connectivity index (χ3v) is 2.99. The van der Waals surface area contributed by atoms with Gasteiger partial charge >= 0.3 is 0 Å². The van der Waals surface area contributed by atoms with Gasteiger partial charge in [0.1, 0.15) is 22.5 Å². The highest BCUT2D eigenvalue weighted by atomic mass is 16.6. The normalized spacial score (nSPS) is 10.7. The summed E-state index contributed by atoms with van der Waals surface area (Å²) in [5, 5.41) is 9.18. The molecule has 20 heavy (non-hydrogen) atoms. The average molecular weight is 268 g/mol. The first kappa shape index (κ1) is 12.4. The summed E-state index contributed by atoms with van der Waals surface area (Å²) in [7, 11) is 0. The van der Waals surface area contributed by atoms with Crippen LogP contribution >= 0.6 is 0 Å². The SMILES string of the molecule is O=c1cc(-c2ccccc2)oc2cccc(OCO)c12. The second-order valence-electron chi connectivity index (χ2n) is 4.24. The molecular weight excluding hydrogens is 256 g/mol. The minimum absolute atomic E-state index is 0.200. The fourth-order valence-corrected chi connectivity index (χ4v) is 2.11. The minimum atomic E-state index is -0.487. The Balaban J connectivity index is 2.24. The zero-order valence-electron chi connectivity index (χ0n) is 10.6. The van der Waals surface area contributed by atoms with Crippen LogP contribution < -0.4 is 10.2 Å². The highest BCUT2D eigenvalue weighted by Gasteiger charge is 2.11. The highest BCUT2D eigenvalue weighted by Crippen LogP contribution is 2.26. The predicted molar refractivity (Wildman–Crippen MR) is 75.6 cm³/mol. The molecule has 3 aromatic rings. The van der Waals surface area contributed by atoms with Gasteiger partial charge in [-0.15, -0.1) is 0 Å². The molecule has 0 aliphatic carbocycles. The van der Waals surface area contributed by atoms with E-state index in [9.17, 15) is 4.79 Å². The molecule has 0 bridgehead atoms. The van der Waals surface area contributed by atoms with Gasteiger partial charge in [0.25, 0.3) is 0 Å². The molecule has 2 aromatic carbocycles. The summed E-state index contributed by atoms with van der Waals surface area (Å²) in [6.45, 7) is -0.487.